The van der Waals surface area contributed by atoms with Crippen LogP contribution in [0.5, 0.6) is 23.0 Å². The van der Waals surface area contributed by atoms with Gasteiger partial charge in [0, 0.05) is 13.1 Å². The van der Waals surface area contributed by atoms with E-state index in [9.17, 15) is 14.7 Å². The minimum absolute atomic E-state index is 0.119. The zero-order valence-corrected chi connectivity index (χ0v) is 22.0. The van der Waals surface area contributed by atoms with E-state index in [0.29, 0.717) is 55.5 Å². The van der Waals surface area contributed by atoms with Crippen molar-refractivity contribution in [2.75, 3.05) is 19.7 Å². The number of nitrogens with zero attached hydrogens (tertiary/aromatic N) is 1. The Labute approximate surface area is 235 Å². The molecule has 41 heavy (non-hydrogen) atoms. The number of carbonyl (C=O) groups excluding carboxylic acids is 2. The van der Waals surface area contributed by atoms with Crippen LogP contribution in [0.25, 0.3) is 0 Å². The van der Waals surface area contributed by atoms with Crippen LogP contribution in [0.3, 0.4) is 0 Å². The van der Waals surface area contributed by atoms with Crippen LogP contribution in [0.2, 0.25) is 0 Å². The number of amides is 2. The molecule has 4 aliphatic rings. The molecular formula is C31H28N2O8. The van der Waals surface area contributed by atoms with E-state index < -0.39 is 0 Å². The van der Waals surface area contributed by atoms with Crippen molar-refractivity contribution in [3.8, 4) is 23.0 Å². The molecule has 10 nitrogen and oxygen atoms in total. The lowest BCUT2D eigenvalue weighted by Gasteiger charge is -2.37. The fourth-order valence-electron chi connectivity index (χ4n) is 4.99. The zero-order valence-electron chi connectivity index (χ0n) is 22.0. The average Bonchev–Trinajstić information content (AvgIpc) is 3.52. The van der Waals surface area contributed by atoms with Crippen LogP contribution >= 0.6 is 0 Å². The number of hydrogen-bond acceptors (Lipinski definition) is 7. The minimum atomic E-state index is -0.384. The first kappa shape index (κ1) is 27.3. The molecule has 1 atom stereocenters. The molecule has 0 saturated carbocycles. The molecule has 0 fully saturated rings. The quantitative estimate of drug-likeness (QED) is 0.285. The number of carbonyl (C=O) groups is 3. The van der Waals surface area contributed by atoms with Gasteiger partial charge in [-0.15, -0.1) is 0 Å². The Bertz CT molecular complexity index is 1530. The fourth-order valence-corrected chi connectivity index (χ4v) is 4.99. The second-order valence-corrected chi connectivity index (χ2v) is 9.40. The number of phenolic OH excluding ortho intramolecular Hbond substituents is 1. The Balaban J connectivity index is 0.00000108. The summed E-state index contributed by atoms with van der Waals surface area (Å²) in [7, 11) is 0. The number of nitrogens with one attached hydrogen (secondary N) is 1. The molecule has 4 aromatic rings. The maximum absolute atomic E-state index is 13.4. The minimum Gasteiger partial charge on any atom is -0.507 e. The predicted octanol–water partition coefficient (Wildman–Crippen LogP) is 4.78. The van der Waals surface area contributed by atoms with Gasteiger partial charge in [0.2, 0.25) is 0 Å². The van der Waals surface area contributed by atoms with Crippen LogP contribution in [0.4, 0.5) is 0 Å². The number of carboxylic acid groups (broad SMARTS) is 1. The van der Waals surface area contributed by atoms with Gasteiger partial charge in [-0.25, -0.2) is 0 Å². The Morgan fingerprint density at radius 1 is 1.00 bits per heavy atom. The summed E-state index contributed by atoms with van der Waals surface area (Å²) in [5.41, 5.74) is 3.16. The van der Waals surface area contributed by atoms with Crippen molar-refractivity contribution in [2.24, 2.45) is 0 Å². The predicted molar refractivity (Wildman–Crippen MR) is 147 cm³/mol. The van der Waals surface area contributed by atoms with Crippen LogP contribution in [0, 0.1) is 0 Å². The number of benzene rings is 3. The van der Waals surface area contributed by atoms with E-state index in [1.807, 2.05) is 47.4 Å². The Morgan fingerprint density at radius 2 is 1.73 bits per heavy atom. The highest BCUT2D eigenvalue weighted by Gasteiger charge is 2.34. The smallest absolute Gasteiger partial charge is 0.290 e. The van der Waals surface area contributed by atoms with Gasteiger partial charge in [-0.3, -0.25) is 14.4 Å². The number of fused-ring (bicyclic) bond motifs is 1. The highest BCUT2D eigenvalue weighted by molar-refractivity contribution is 5.97. The van der Waals surface area contributed by atoms with Crippen molar-refractivity contribution >= 4 is 18.3 Å². The van der Waals surface area contributed by atoms with Gasteiger partial charge >= 0.3 is 0 Å². The Hall–Kier alpha value is -5.25. The van der Waals surface area contributed by atoms with E-state index in [2.05, 4.69) is 5.32 Å². The van der Waals surface area contributed by atoms with Gasteiger partial charge in [0.05, 0.1) is 24.5 Å². The topological polar surface area (TPSA) is 139 Å². The van der Waals surface area contributed by atoms with Crippen LogP contribution in [-0.2, 0) is 11.2 Å². The normalized spacial score (nSPS) is 16.0. The molecule has 1 unspecified atom stereocenters. The summed E-state index contributed by atoms with van der Waals surface area (Å²) < 4.78 is 17.4. The number of aromatic hydroxyl groups is 1. The number of furan rings is 1. The molecule has 2 amide bonds. The largest absolute Gasteiger partial charge is 0.507 e. The Morgan fingerprint density at radius 3 is 2.49 bits per heavy atom. The lowest BCUT2D eigenvalue weighted by Crippen LogP contribution is -2.40. The number of ether oxygens (including phenoxy) is 2. The summed E-state index contributed by atoms with van der Waals surface area (Å²) in [4.78, 5) is 36.3. The van der Waals surface area contributed by atoms with Crippen molar-refractivity contribution in [1.29, 1.82) is 0 Å². The first-order valence-electron chi connectivity index (χ1n) is 13.1. The van der Waals surface area contributed by atoms with Crippen molar-refractivity contribution in [3.05, 3.63) is 107 Å². The highest BCUT2D eigenvalue weighted by Crippen LogP contribution is 2.39. The van der Waals surface area contributed by atoms with Crippen LogP contribution in [-0.4, -0.2) is 53.1 Å². The summed E-state index contributed by atoms with van der Waals surface area (Å²) in [6.07, 6.45) is 2.73. The second kappa shape index (κ2) is 12.3. The molecular weight excluding hydrogens is 528 g/mol. The standard InChI is InChI=1S/C30H26N2O6.CH2O2/c33-26-11-9-23-18-25(26)29(34)31-13-2-16-36-21-6-4-19(5-7-21)28-24-10-8-22(38-23)17-20(24)12-14-32(28)30(35)27-3-1-15-37-27;2-1-3/h1,3-11,15,17-18,28,33H,2,12-14,16H2,(H,31,34);1H,(H,2,3). The van der Waals surface area contributed by atoms with Gasteiger partial charge in [0.25, 0.3) is 18.3 Å². The molecule has 8 rings (SSSR count). The molecule has 3 N–H and O–H groups in total. The first-order chi connectivity index (χ1) is 20.0. The summed E-state index contributed by atoms with van der Waals surface area (Å²) in [5.74, 6) is 1.37. The second-order valence-electron chi connectivity index (χ2n) is 9.40. The summed E-state index contributed by atoms with van der Waals surface area (Å²) in [6, 6.07) is 21.2. The van der Waals surface area contributed by atoms with E-state index >= 15 is 0 Å². The molecule has 0 radical (unpaired) electrons. The fraction of sp³-hybridized carbons (Fsp3) is 0.194. The molecule has 3 aromatic carbocycles. The Kier molecular flexibility index (Phi) is 8.19. The maximum atomic E-state index is 13.4. The summed E-state index contributed by atoms with van der Waals surface area (Å²) >= 11 is 0. The molecule has 210 valence electrons. The van der Waals surface area contributed by atoms with Crippen molar-refractivity contribution in [2.45, 2.75) is 18.9 Å². The first-order valence-corrected chi connectivity index (χ1v) is 13.1. The van der Waals surface area contributed by atoms with Gasteiger partial charge in [0.15, 0.2) is 5.76 Å². The van der Waals surface area contributed by atoms with Crippen molar-refractivity contribution in [3.63, 3.8) is 0 Å². The molecule has 8 bridgehead atoms. The molecule has 0 saturated heterocycles. The van der Waals surface area contributed by atoms with E-state index in [1.165, 1.54) is 18.4 Å². The van der Waals surface area contributed by atoms with Gasteiger partial charge in [-0.1, -0.05) is 18.2 Å². The van der Waals surface area contributed by atoms with E-state index in [1.54, 1.807) is 18.2 Å². The lowest BCUT2D eigenvalue weighted by molar-refractivity contribution is -0.122. The lowest BCUT2D eigenvalue weighted by atomic mass is 9.87. The molecule has 0 aliphatic carbocycles. The molecule has 10 heteroatoms. The zero-order chi connectivity index (χ0) is 28.8. The number of rotatable bonds is 1. The van der Waals surface area contributed by atoms with Crippen LogP contribution < -0.4 is 14.8 Å². The SMILES string of the molecule is O=C1NCCCOc2ccc(cc2)C2c3ccc(cc3CCN2C(=O)c2ccco2)Oc2ccc(O)c1c2.O=CO. The third-order valence-electron chi connectivity index (χ3n) is 6.86. The van der Waals surface area contributed by atoms with E-state index in [-0.39, 0.29) is 35.6 Å². The van der Waals surface area contributed by atoms with Crippen molar-refractivity contribution < 1.29 is 38.5 Å². The number of hydrogen-bond donors (Lipinski definition) is 3. The van der Waals surface area contributed by atoms with Crippen LogP contribution in [0.1, 0.15) is 50.1 Å². The molecule has 0 spiro atoms. The van der Waals surface area contributed by atoms with Crippen molar-refractivity contribution in [1.82, 2.24) is 10.2 Å². The third-order valence-corrected chi connectivity index (χ3v) is 6.86. The summed E-state index contributed by atoms with van der Waals surface area (Å²) in [6.45, 7) is 1.05. The maximum Gasteiger partial charge on any atom is 0.290 e. The summed E-state index contributed by atoms with van der Waals surface area (Å²) in [5, 5.41) is 20.0. The van der Waals surface area contributed by atoms with E-state index in [4.69, 9.17) is 23.8 Å². The number of phenols is 1. The third kappa shape index (κ3) is 6.01. The van der Waals surface area contributed by atoms with Gasteiger partial charge in [-0.05, 0) is 84.1 Å². The van der Waals surface area contributed by atoms with Gasteiger partial charge < -0.3 is 34.3 Å². The molecule has 5 heterocycles. The molecule has 4 aliphatic heterocycles. The monoisotopic (exact) mass is 556 g/mol. The van der Waals surface area contributed by atoms with Gasteiger partial charge in [-0.2, -0.15) is 0 Å². The highest BCUT2D eigenvalue weighted by atomic mass is 16.5. The van der Waals surface area contributed by atoms with Gasteiger partial charge in [0.1, 0.15) is 23.0 Å². The average molecular weight is 557 g/mol. The van der Waals surface area contributed by atoms with Crippen LogP contribution in [0.15, 0.2) is 83.5 Å². The molecule has 1 aromatic heterocycles. The van der Waals surface area contributed by atoms with E-state index in [0.717, 1.165) is 16.7 Å².